The van der Waals surface area contributed by atoms with Gasteiger partial charge in [-0.15, -0.1) is 0 Å². The van der Waals surface area contributed by atoms with Gasteiger partial charge in [0.15, 0.2) is 0 Å². The van der Waals surface area contributed by atoms with Crippen molar-refractivity contribution in [3.63, 3.8) is 0 Å². The van der Waals surface area contributed by atoms with E-state index in [9.17, 15) is 4.79 Å². The Morgan fingerprint density at radius 2 is 1.92 bits per heavy atom. The van der Waals surface area contributed by atoms with Gasteiger partial charge in [-0.25, -0.2) is 0 Å². The third-order valence-corrected chi connectivity index (χ3v) is 6.46. The van der Waals surface area contributed by atoms with Gasteiger partial charge in [-0.1, -0.05) is 12.8 Å². The first-order valence-corrected chi connectivity index (χ1v) is 10.1. The van der Waals surface area contributed by atoms with Crippen molar-refractivity contribution in [3.8, 4) is 0 Å². The highest BCUT2D eigenvalue weighted by atomic mass is 16.5. The van der Waals surface area contributed by atoms with Crippen LogP contribution in [0.3, 0.4) is 0 Å². The van der Waals surface area contributed by atoms with Gasteiger partial charge in [0.25, 0.3) is 5.91 Å². The van der Waals surface area contributed by atoms with Gasteiger partial charge < -0.3 is 14.4 Å². The highest BCUT2D eigenvalue weighted by molar-refractivity contribution is 5.94. The van der Waals surface area contributed by atoms with Crippen LogP contribution < -0.4 is 0 Å². The van der Waals surface area contributed by atoms with Crippen LogP contribution in [0.15, 0.2) is 24.5 Å². The largest absolute Gasteiger partial charge is 0.378 e. The Hall–Kier alpha value is -1.46. The predicted molar refractivity (Wildman–Crippen MR) is 98.9 cm³/mol. The molecule has 142 valence electrons. The van der Waals surface area contributed by atoms with E-state index in [2.05, 4.69) is 4.98 Å². The van der Waals surface area contributed by atoms with Crippen LogP contribution in [0.5, 0.6) is 0 Å². The van der Waals surface area contributed by atoms with Crippen LogP contribution in [-0.2, 0) is 9.47 Å². The molecular weight excluding hydrogens is 328 g/mol. The minimum Gasteiger partial charge on any atom is -0.378 e. The van der Waals surface area contributed by atoms with E-state index in [1.807, 2.05) is 4.90 Å². The topological polar surface area (TPSA) is 51.7 Å². The molecule has 1 aliphatic carbocycles. The molecule has 2 saturated heterocycles. The second-order valence-corrected chi connectivity index (χ2v) is 8.35. The maximum absolute atomic E-state index is 12.6. The van der Waals surface area contributed by atoms with Crippen molar-refractivity contribution in [2.75, 3.05) is 32.9 Å². The number of amides is 1. The molecule has 5 nitrogen and oxygen atoms in total. The zero-order valence-electron chi connectivity index (χ0n) is 15.6. The zero-order valence-corrected chi connectivity index (χ0v) is 15.6. The molecule has 26 heavy (non-hydrogen) atoms. The summed E-state index contributed by atoms with van der Waals surface area (Å²) in [6.45, 7) is 4.10. The summed E-state index contributed by atoms with van der Waals surface area (Å²) in [7, 11) is 0. The molecule has 3 heterocycles. The number of ether oxygens (including phenoxy) is 2. The molecule has 1 atom stereocenters. The van der Waals surface area contributed by atoms with E-state index in [4.69, 9.17) is 9.47 Å². The second kappa shape index (κ2) is 8.05. The number of hydrogen-bond acceptors (Lipinski definition) is 4. The lowest BCUT2D eigenvalue weighted by molar-refractivity contribution is 0.00261. The van der Waals surface area contributed by atoms with Gasteiger partial charge in [-0.05, 0) is 55.6 Å². The maximum atomic E-state index is 12.6. The highest BCUT2D eigenvalue weighted by Crippen LogP contribution is 2.42. The lowest BCUT2D eigenvalue weighted by Crippen LogP contribution is -2.43. The highest BCUT2D eigenvalue weighted by Gasteiger charge is 2.43. The van der Waals surface area contributed by atoms with E-state index >= 15 is 0 Å². The Kier molecular flexibility index (Phi) is 5.55. The first-order chi connectivity index (χ1) is 12.7. The number of carbonyl (C=O) groups excluding carboxylic acids is 1. The average molecular weight is 358 g/mol. The number of nitrogens with zero attached hydrogens (tertiary/aromatic N) is 2. The summed E-state index contributed by atoms with van der Waals surface area (Å²) in [6, 6.07) is 3.59. The van der Waals surface area contributed by atoms with Crippen molar-refractivity contribution >= 4 is 5.91 Å². The van der Waals surface area contributed by atoms with Crippen molar-refractivity contribution < 1.29 is 14.3 Å². The van der Waals surface area contributed by atoms with Gasteiger partial charge in [0.1, 0.15) is 0 Å². The monoisotopic (exact) mass is 358 g/mol. The molecule has 0 aromatic carbocycles. The SMILES string of the molecule is O=C(c1ccncc1)N1CCC2(CC1)CO[C@H](COCC1CCCC1)C2. The molecule has 1 aromatic rings. The third kappa shape index (κ3) is 4.09. The van der Waals surface area contributed by atoms with Crippen LogP contribution in [0.25, 0.3) is 0 Å². The normalized spacial score (nSPS) is 25.8. The molecule has 1 spiro atoms. The Bertz CT molecular complexity index is 593. The lowest BCUT2D eigenvalue weighted by atomic mass is 9.76. The number of aromatic nitrogens is 1. The van der Waals surface area contributed by atoms with Crippen LogP contribution >= 0.6 is 0 Å². The first kappa shape index (κ1) is 17.9. The number of hydrogen-bond donors (Lipinski definition) is 0. The van der Waals surface area contributed by atoms with Crippen molar-refractivity contribution in [1.29, 1.82) is 0 Å². The van der Waals surface area contributed by atoms with Crippen LogP contribution in [0.2, 0.25) is 0 Å². The molecule has 2 aliphatic heterocycles. The molecule has 1 aromatic heterocycles. The molecule has 3 fully saturated rings. The first-order valence-electron chi connectivity index (χ1n) is 10.1. The van der Waals surface area contributed by atoms with Crippen LogP contribution in [0.1, 0.15) is 55.3 Å². The summed E-state index contributed by atoms with van der Waals surface area (Å²) < 4.78 is 12.0. The standard InChI is InChI=1S/C21H30N2O3/c24-20(18-5-9-22-10-6-18)23-11-7-21(8-12-23)13-19(26-16-21)15-25-14-17-3-1-2-4-17/h5-6,9-10,17,19H,1-4,7-8,11-16H2/t19-/m0/s1. The van der Waals surface area contributed by atoms with Crippen molar-refractivity contribution in [2.24, 2.45) is 11.3 Å². The second-order valence-electron chi connectivity index (χ2n) is 8.35. The number of carbonyl (C=O) groups is 1. The summed E-state index contributed by atoms with van der Waals surface area (Å²) in [5, 5.41) is 0. The van der Waals surface area contributed by atoms with Gasteiger partial charge in [-0.3, -0.25) is 9.78 Å². The summed E-state index contributed by atoms with van der Waals surface area (Å²) in [4.78, 5) is 18.5. The van der Waals surface area contributed by atoms with E-state index in [0.29, 0.717) is 0 Å². The van der Waals surface area contributed by atoms with Crippen molar-refractivity contribution in [1.82, 2.24) is 9.88 Å². The molecular formula is C21H30N2O3. The van der Waals surface area contributed by atoms with Crippen LogP contribution in [0.4, 0.5) is 0 Å². The molecule has 1 amide bonds. The summed E-state index contributed by atoms with van der Waals surface area (Å²) in [5.74, 6) is 0.894. The van der Waals surface area contributed by atoms with Gasteiger partial charge in [0, 0.05) is 37.7 Å². The molecule has 5 heteroatoms. The third-order valence-electron chi connectivity index (χ3n) is 6.46. The van der Waals surface area contributed by atoms with Crippen LogP contribution in [-0.4, -0.2) is 54.8 Å². The summed E-state index contributed by atoms with van der Waals surface area (Å²) in [5.41, 5.74) is 0.980. The van der Waals surface area contributed by atoms with E-state index in [1.165, 1.54) is 25.7 Å². The molecule has 1 saturated carbocycles. The molecule has 0 N–H and O–H groups in total. The lowest BCUT2D eigenvalue weighted by Gasteiger charge is -2.38. The number of rotatable bonds is 5. The minimum atomic E-state index is 0.123. The summed E-state index contributed by atoms with van der Waals surface area (Å²) >= 11 is 0. The number of likely N-dealkylation sites (tertiary alicyclic amines) is 1. The van der Waals surface area contributed by atoms with Gasteiger partial charge >= 0.3 is 0 Å². The zero-order chi connectivity index (χ0) is 17.8. The van der Waals surface area contributed by atoms with E-state index in [1.54, 1.807) is 24.5 Å². The fraction of sp³-hybridized carbons (Fsp3) is 0.714. The number of pyridine rings is 1. The predicted octanol–water partition coefficient (Wildman–Crippen LogP) is 3.30. The van der Waals surface area contributed by atoms with E-state index in [0.717, 1.165) is 63.7 Å². The quantitative estimate of drug-likeness (QED) is 0.810. The minimum absolute atomic E-state index is 0.123. The van der Waals surface area contributed by atoms with E-state index in [-0.39, 0.29) is 17.4 Å². The number of piperidine rings is 1. The van der Waals surface area contributed by atoms with Crippen LogP contribution in [0, 0.1) is 11.3 Å². The summed E-state index contributed by atoms with van der Waals surface area (Å²) in [6.07, 6.45) is 12.1. The Labute approximate surface area is 156 Å². The smallest absolute Gasteiger partial charge is 0.253 e. The van der Waals surface area contributed by atoms with Gasteiger partial charge in [-0.2, -0.15) is 0 Å². The Morgan fingerprint density at radius 3 is 2.65 bits per heavy atom. The van der Waals surface area contributed by atoms with E-state index < -0.39 is 0 Å². The van der Waals surface area contributed by atoms with Gasteiger partial charge in [0.05, 0.1) is 19.3 Å². The molecule has 4 rings (SSSR count). The molecule has 0 bridgehead atoms. The van der Waals surface area contributed by atoms with Crippen molar-refractivity contribution in [3.05, 3.63) is 30.1 Å². The average Bonchev–Trinajstić information content (AvgIpc) is 3.33. The molecule has 3 aliphatic rings. The van der Waals surface area contributed by atoms with Gasteiger partial charge in [0.2, 0.25) is 0 Å². The molecule has 0 radical (unpaired) electrons. The fourth-order valence-corrected chi connectivity index (χ4v) is 4.76. The Balaban J connectivity index is 1.22. The fourth-order valence-electron chi connectivity index (χ4n) is 4.76. The van der Waals surface area contributed by atoms with Crippen molar-refractivity contribution in [2.45, 2.75) is 51.0 Å². The Morgan fingerprint density at radius 1 is 1.19 bits per heavy atom. The maximum Gasteiger partial charge on any atom is 0.253 e. The molecule has 0 unspecified atom stereocenters.